The molecule has 1 N–H and O–H groups in total. The molecule has 2 rings (SSSR count). The smallest absolute Gasteiger partial charge is 0.150 e. The number of hydrogen-bond donors (Lipinski definition) is 1. The van der Waals surface area contributed by atoms with Gasteiger partial charge < -0.3 is 9.84 Å². The van der Waals surface area contributed by atoms with Gasteiger partial charge in [-0.15, -0.1) is 0 Å². The van der Waals surface area contributed by atoms with Crippen molar-refractivity contribution in [2.75, 3.05) is 20.1 Å². The van der Waals surface area contributed by atoms with Gasteiger partial charge in [0.25, 0.3) is 0 Å². The summed E-state index contributed by atoms with van der Waals surface area (Å²) in [7, 11) is 2.05. The van der Waals surface area contributed by atoms with E-state index in [1.807, 2.05) is 13.0 Å². The van der Waals surface area contributed by atoms with E-state index in [0.29, 0.717) is 5.54 Å². The first-order chi connectivity index (χ1) is 7.61. The Bertz CT molecular complexity index is 340. The number of aryl methyl sites for hydroxylation is 1. The van der Waals surface area contributed by atoms with Gasteiger partial charge in [0, 0.05) is 24.7 Å². The maximum atomic E-state index is 5.24. The molecule has 1 fully saturated rings. The van der Waals surface area contributed by atoms with Gasteiger partial charge in [-0.25, -0.2) is 0 Å². The highest BCUT2D eigenvalue weighted by molar-refractivity contribution is 5.03. The number of piperidine rings is 1. The SMILES string of the molecule is CNC1(C)CCN(Cc2cc(C)no2)CC1. The maximum Gasteiger partial charge on any atom is 0.150 e. The molecule has 0 aliphatic carbocycles. The predicted molar refractivity (Wildman–Crippen MR) is 63.2 cm³/mol. The lowest BCUT2D eigenvalue weighted by Crippen LogP contribution is -2.49. The largest absolute Gasteiger partial charge is 0.360 e. The molecule has 0 unspecified atom stereocenters. The van der Waals surface area contributed by atoms with Crippen molar-refractivity contribution in [3.8, 4) is 0 Å². The summed E-state index contributed by atoms with van der Waals surface area (Å²) < 4.78 is 5.24. The summed E-state index contributed by atoms with van der Waals surface area (Å²) >= 11 is 0. The molecule has 0 amide bonds. The summed E-state index contributed by atoms with van der Waals surface area (Å²) in [6, 6.07) is 2.02. The Labute approximate surface area is 97.0 Å². The summed E-state index contributed by atoms with van der Waals surface area (Å²) in [5.74, 6) is 0.977. The number of nitrogens with zero attached hydrogens (tertiary/aromatic N) is 2. The fourth-order valence-corrected chi connectivity index (χ4v) is 2.17. The fourth-order valence-electron chi connectivity index (χ4n) is 2.17. The second-order valence-corrected chi connectivity index (χ2v) is 5.02. The summed E-state index contributed by atoms with van der Waals surface area (Å²) in [6.07, 6.45) is 2.38. The minimum Gasteiger partial charge on any atom is -0.360 e. The summed E-state index contributed by atoms with van der Waals surface area (Å²) in [6.45, 7) is 7.39. The molecule has 0 radical (unpaired) electrons. The molecule has 1 aliphatic rings. The van der Waals surface area contributed by atoms with Crippen LogP contribution >= 0.6 is 0 Å². The van der Waals surface area contributed by atoms with E-state index in [-0.39, 0.29) is 0 Å². The third-order valence-corrected chi connectivity index (χ3v) is 3.62. The van der Waals surface area contributed by atoms with Crippen LogP contribution in [0.5, 0.6) is 0 Å². The van der Waals surface area contributed by atoms with Crippen molar-refractivity contribution in [1.82, 2.24) is 15.4 Å². The second-order valence-electron chi connectivity index (χ2n) is 5.02. The van der Waals surface area contributed by atoms with Gasteiger partial charge in [0.05, 0.1) is 12.2 Å². The van der Waals surface area contributed by atoms with Gasteiger partial charge in [-0.2, -0.15) is 0 Å². The molecule has 0 saturated carbocycles. The van der Waals surface area contributed by atoms with Crippen molar-refractivity contribution in [2.24, 2.45) is 0 Å². The first-order valence-corrected chi connectivity index (χ1v) is 5.95. The highest BCUT2D eigenvalue weighted by atomic mass is 16.5. The van der Waals surface area contributed by atoms with Crippen LogP contribution in [0.15, 0.2) is 10.6 Å². The van der Waals surface area contributed by atoms with E-state index in [4.69, 9.17) is 4.52 Å². The third kappa shape index (κ3) is 2.62. The number of hydrogen-bond acceptors (Lipinski definition) is 4. The minimum atomic E-state index is 0.313. The van der Waals surface area contributed by atoms with Crippen LogP contribution in [0.2, 0.25) is 0 Å². The lowest BCUT2D eigenvalue weighted by atomic mass is 9.90. The van der Waals surface area contributed by atoms with Crippen molar-refractivity contribution < 1.29 is 4.52 Å². The van der Waals surface area contributed by atoms with Crippen molar-refractivity contribution in [2.45, 2.75) is 38.8 Å². The highest BCUT2D eigenvalue weighted by Crippen LogP contribution is 2.22. The Balaban J connectivity index is 1.86. The normalized spacial score (nSPS) is 21.2. The lowest BCUT2D eigenvalue weighted by Gasteiger charge is -2.38. The van der Waals surface area contributed by atoms with Crippen LogP contribution in [0.3, 0.4) is 0 Å². The maximum absolute atomic E-state index is 5.24. The second kappa shape index (κ2) is 4.55. The average molecular weight is 223 g/mol. The van der Waals surface area contributed by atoms with Crippen LogP contribution in [-0.4, -0.2) is 35.7 Å². The summed E-state index contributed by atoms with van der Waals surface area (Å²) in [4.78, 5) is 2.43. The van der Waals surface area contributed by atoms with E-state index in [2.05, 4.69) is 29.3 Å². The van der Waals surface area contributed by atoms with Gasteiger partial charge in [0.15, 0.2) is 5.76 Å². The van der Waals surface area contributed by atoms with Crippen LogP contribution in [0.25, 0.3) is 0 Å². The molecule has 0 aromatic carbocycles. The van der Waals surface area contributed by atoms with Gasteiger partial charge >= 0.3 is 0 Å². The highest BCUT2D eigenvalue weighted by Gasteiger charge is 2.28. The Morgan fingerprint density at radius 1 is 1.50 bits per heavy atom. The molecule has 1 saturated heterocycles. The molecule has 1 aromatic rings. The minimum absolute atomic E-state index is 0.313. The zero-order valence-electron chi connectivity index (χ0n) is 10.4. The summed E-state index contributed by atoms with van der Waals surface area (Å²) in [5, 5.41) is 7.32. The number of aromatic nitrogens is 1. The molecule has 0 atom stereocenters. The monoisotopic (exact) mass is 223 g/mol. The molecule has 4 heteroatoms. The van der Waals surface area contributed by atoms with Gasteiger partial charge in [-0.3, -0.25) is 4.90 Å². The summed E-state index contributed by atoms with van der Waals surface area (Å²) in [5.41, 5.74) is 1.28. The van der Waals surface area contributed by atoms with E-state index in [1.54, 1.807) is 0 Å². The standard InChI is InChI=1S/C12H21N3O/c1-10-8-11(16-14-10)9-15-6-4-12(2,13-3)5-7-15/h8,13H,4-7,9H2,1-3H3. The zero-order valence-corrected chi connectivity index (χ0v) is 10.4. The van der Waals surface area contributed by atoms with E-state index < -0.39 is 0 Å². The van der Waals surface area contributed by atoms with Gasteiger partial charge in [-0.1, -0.05) is 5.16 Å². The average Bonchev–Trinajstić information content (AvgIpc) is 2.68. The van der Waals surface area contributed by atoms with Crippen molar-refractivity contribution in [3.05, 3.63) is 17.5 Å². The molecular formula is C12H21N3O. The Morgan fingerprint density at radius 2 is 2.19 bits per heavy atom. The predicted octanol–water partition coefficient (Wildman–Crippen LogP) is 1.56. The molecule has 0 bridgehead atoms. The van der Waals surface area contributed by atoms with Gasteiger partial charge in [-0.05, 0) is 33.7 Å². The topological polar surface area (TPSA) is 41.3 Å². The molecule has 0 spiro atoms. The first-order valence-electron chi connectivity index (χ1n) is 5.95. The molecular weight excluding hydrogens is 202 g/mol. The molecule has 1 aliphatic heterocycles. The van der Waals surface area contributed by atoms with Crippen molar-refractivity contribution >= 4 is 0 Å². The quantitative estimate of drug-likeness (QED) is 0.844. The van der Waals surface area contributed by atoms with Gasteiger partial charge in [0.2, 0.25) is 0 Å². The molecule has 90 valence electrons. The zero-order chi connectivity index (χ0) is 11.6. The van der Waals surface area contributed by atoms with Crippen LogP contribution in [0, 0.1) is 6.92 Å². The van der Waals surface area contributed by atoms with Crippen LogP contribution in [0.1, 0.15) is 31.2 Å². The van der Waals surface area contributed by atoms with E-state index in [0.717, 1.165) is 31.1 Å². The van der Waals surface area contributed by atoms with Gasteiger partial charge in [0.1, 0.15) is 0 Å². The fraction of sp³-hybridized carbons (Fsp3) is 0.750. The molecule has 4 nitrogen and oxygen atoms in total. The first kappa shape index (κ1) is 11.6. The molecule has 2 heterocycles. The van der Waals surface area contributed by atoms with Crippen molar-refractivity contribution in [1.29, 1.82) is 0 Å². The lowest BCUT2D eigenvalue weighted by molar-refractivity contribution is 0.135. The number of likely N-dealkylation sites (tertiary alicyclic amines) is 1. The Hall–Kier alpha value is -0.870. The van der Waals surface area contributed by atoms with E-state index in [1.165, 1.54) is 12.8 Å². The van der Waals surface area contributed by atoms with Crippen LogP contribution < -0.4 is 5.32 Å². The van der Waals surface area contributed by atoms with E-state index >= 15 is 0 Å². The Morgan fingerprint density at radius 3 is 2.69 bits per heavy atom. The van der Waals surface area contributed by atoms with Crippen LogP contribution in [-0.2, 0) is 6.54 Å². The van der Waals surface area contributed by atoms with E-state index in [9.17, 15) is 0 Å². The van der Waals surface area contributed by atoms with Crippen LogP contribution in [0.4, 0.5) is 0 Å². The third-order valence-electron chi connectivity index (χ3n) is 3.62. The Kier molecular flexibility index (Phi) is 3.30. The van der Waals surface area contributed by atoms with Crippen molar-refractivity contribution in [3.63, 3.8) is 0 Å². The number of nitrogens with one attached hydrogen (secondary N) is 1. The molecule has 16 heavy (non-hydrogen) atoms. The molecule has 1 aromatic heterocycles. The number of rotatable bonds is 3.